The molecule has 21 heavy (non-hydrogen) atoms. The molecule has 0 saturated heterocycles. The van der Waals surface area contributed by atoms with Crippen LogP contribution in [0.4, 0.5) is 0 Å². The lowest BCUT2D eigenvalue weighted by Crippen LogP contribution is -2.15. The van der Waals surface area contributed by atoms with Crippen molar-refractivity contribution in [2.75, 3.05) is 5.88 Å². The summed E-state index contributed by atoms with van der Waals surface area (Å²) < 4.78 is 4.44. The minimum absolute atomic E-state index is 0.529. The zero-order chi connectivity index (χ0) is 15.0. The van der Waals surface area contributed by atoms with Crippen LogP contribution in [0.1, 0.15) is 57.1 Å². The highest BCUT2D eigenvalue weighted by atomic mass is 35.5. The number of nitrogens with zero attached hydrogens (tertiary/aromatic N) is 4. The van der Waals surface area contributed by atoms with E-state index in [4.69, 9.17) is 16.6 Å². The molecule has 5 heteroatoms. The average molecular weight is 309 g/mol. The van der Waals surface area contributed by atoms with Crippen LogP contribution in [-0.4, -0.2) is 25.2 Å². The van der Waals surface area contributed by atoms with Gasteiger partial charge in [0, 0.05) is 25.4 Å². The molecule has 1 aliphatic rings. The van der Waals surface area contributed by atoms with E-state index in [9.17, 15) is 0 Å². The van der Waals surface area contributed by atoms with Crippen LogP contribution in [0.15, 0.2) is 0 Å². The van der Waals surface area contributed by atoms with E-state index >= 15 is 0 Å². The summed E-state index contributed by atoms with van der Waals surface area (Å²) >= 11 is 6.01. The van der Waals surface area contributed by atoms with Crippen LogP contribution in [0.3, 0.4) is 0 Å². The number of aromatic nitrogens is 4. The molecule has 3 rings (SSSR count). The van der Waals surface area contributed by atoms with Gasteiger partial charge in [-0.2, -0.15) is 5.10 Å². The lowest BCUT2D eigenvalue weighted by molar-refractivity contribution is 0.420. The largest absolute Gasteiger partial charge is 0.310 e. The van der Waals surface area contributed by atoms with Gasteiger partial charge < -0.3 is 4.57 Å². The second-order valence-corrected chi connectivity index (χ2v) is 6.55. The van der Waals surface area contributed by atoms with Crippen LogP contribution in [0.5, 0.6) is 0 Å². The molecule has 1 aliphatic carbocycles. The number of rotatable bonds is 7. The lowest BCUT2D eigenvalue weighted by atomic mass is 10.1. The molecule has 0 spiro atoms. The smallest absolute Gasteiger partial charge is 0.158 e. The number of imidazole rings is 1. The van der Waals surface area contributed by atoms with Crippen LogP contribution in [-0.2, 0) is 19.9 Å². The first-order valence-electron chi connectivity index (χ1n) is 8.18. The molecule has 0 aromatic carbocycles. The topological polar surface area (TPSA) is 35.6 Å². The standard InChI is InChI=1S/C16H25ClN4/c1-4-12(10-11-6-7-11)21-14(8-9-17)18-15-13(5-2)19-20(3)16(15)21/h11-12H,4-10H2,1-3H3. The van der Waals surface area contributed by atoms with Crippen molar-refractivity contribution in [3.05, 3.63) is 11.5 Å². The second-order valence-electron chi connectivity index (χ2n) is 6.17. The molecule has 2 heterocycles. The van der Waals surface area contributed by atoms with Gasteiger partial charge in [0.1, 0.15) is 11.3 Å². The minimum atomic E-state index is 0.529. The molecule has 2 aromatic heterocycles. The average Bonchev–Trinajstić information content (AvgIpc) is 3.14. The number of fused-ring (bicyclic) bond motifs is 1. The van der Waals surface area contributed by atoms with Crippen molar-refractivity contribution in [3.63, 3.8) is 0 Å². The maximum Gasteiger partial charge on any atom is 0.158 e. The van der Waals surface area contributed by atoms with E-state index in [2.05, 4.69) is 23.5 Å². The van der Waals surface area contributed by atoms with Crippen molar-refractivity contribution in [2.45, 2.75) is 58.4 Å². The Hall–Kier alpha value is -1.03. The van der Waals surface area contributed by atoms with Crippen LogP contribution >= 0.6 is 11.6 Å². The van der Waals surface area contributed by atoms with E-state index in [0.29, 0.717) is 11.9 Å². The van der Waals surface area contributed by atoms with Gasteiger partial charge in [0.15, 0.2) is 5.65 Å². The predicted molar refractivity (Wildman–Crippen MR) is 87.0 cm³/mol. The third-order valence-electron chi connectivity index (χ3n) is 4.60. The monoisotopic (exact) mass is 308 g/mol. The van der Waals surface area contributed by atoms with Crippen LogP contribution in [0.2, 0.25) is 0 Å². The van der Waals surface area contributed by atoms with Gasteiger partial charge in [0.05, 0.1) is 5.69 Å². The first-order valence-corrected chi connectivity index (χ1v) is 8.71. The Bertz CT molecular complexity index is 624. The Balaban J connectivity index is 2.11. The number of aryl methyl sites for hydroxylation is 3. The zero-order valence-corrected chi connectivity index (χ0v) is 14.0. The van der Waals surface area contributed by atoms with E-state index in [1.165, 1.54) is 24.9 Å². The molecule has 4 nitrogen and oxygen atoms in total. The molecular formula is C16H25ClN4. The van der Waals surface area contributed by atoms with Crippen molar-refractivity contribution in [1.29, 1.82) is 0 Å². The van der Waals surface area contributed by atoms with Gasteiger partial charge in [-0.15, -0.1) is 11.6 Å². The highest BCUT2D eigenvalue weighted by Crippen LogP contribution is 2.39. The fourth-order valence-electron chi connectivity index (χ4n) is 3.32. The van der Waals surface area contributed by atoms with E-state index < -0.39 is 0 Å². The Kier molecular flexibility index (Phi) is 4.25. The molecule has 1 unspecified atom stereocenters. The number of halogens is 1. The Labute approximate surface area is 131 Å². The molecular weight excluding hydrogens is 284 g/mol. The van der Waals surface area contributed by atoms with Crippen LogP contribution in [0, 0.1) is 5.92 Å². The molecule has 1 fully saturated rings. The van der Waals surface area contributed by atoms with E-state index in [1.54, 1.807) is 0 Å². The number of hydrogen-bond acceptors (Lipinski definition) is 2. The van der Waals surface area contributed by atoms with Crippen molar-refractivity contribution in [2.24, 2.45) is 13.0 Å². The summed E-state index contributed by atoms with van der Waals surface area (Å²) in [6.07, 6.45) is 6.96. The van der Waals surface area contributed by atoms with E-state index in [1.807, 2.05) is 11.7 Å². The van der Waals surface area contributed by atoms with Gasteiger partial charge in [-0.3, -0.25) is 4.68 Å². The summed E-state index contributed by atoms with van der Waals surface area (Å²) in [6, 6.07) is 0.529. The fourth-order valence-corrected chi connectivity index (χ4v) is 3.49. The molecule has 0 aliphatic heterocycles. The lowest BCUT2D eigenvalue weighted by Gasteiger charge is -2.20. The van der Waals surface area contributed by atoms with Crippen molar-refractivity contribution >= 4 is 22.8 Å². The van der Waals surface area contributed by atoms with E-state index in [0.717, 1.165) is 42.2 Å². The maximum absolute atomic E-state index is 6.01. The number of hydrogen-bond donors (Lipinski definition) is 0. The van der Waals surface area contributed by atoms with Crippen molar-refractivity contribution in [3.8, 4) is 0 Å². The summed E-state index contributed by atoms with van der Waals surface area (Å²) in [7, 11) is 2.04. The van der Waals surface area contributed by atoms with Gasteiger partial charge in [-0.05, 0) is 25.2 Å². The molecule has 0 radical (unpaired) electrons. The molecule has 116 valence electrons. The fraction of sp³-hybridized carbons (Fsp3) is 0.750. The predicted octanol–water partition coefficient (Wildman–Crippen LogP) is 3.86. The summed E-state index contributed by atoms with van der Waals surface area (Å²) in [5, 5.41) is 4.64. The second kappa shape index (κ2) is 5.99. The van der Waals surface area contributed by atoms with Gasteiger partial charge in [-0.1, -0.05) is 26.7 Å². The summed E-state index contributed by atoms with van der Waals surface area (Å²) in [4.78, 5) is 4.89. The first kappa shape index (κ1) is 14.9. The molecule has 1 saturated carbocycles. The molecule has 0 N–H and O–H groups in total. The Morgan fingerprint density at radius 3 is 2.67 bits per heavy atom. The summed E-state index contributed by atoms with van der Waals surface area (Å²) in [6.45, 7) is 4.42. The summed E-state index contributed by atoms with van der Waals surface area (Å²) in [5.41, 5.74) is 3.36. The molecule has 1 atom stereocenters. The van der Waals surface area contributed by atoms with Crippen LogP contribution in [0.25, 0.3) is 11.2 Å². The van der Waals surface area contributed by atoms with E-state index in [-0.39, 0.29) is 0 Å². The van der Waals surface area contributed by atoms with Gasteiger partial charge >= 0.3 is 0 Å². The minimum Gasteiger partial charge on any atom is -0.310 e. The van der Waals surface area contributed by atoms with Gasteiger partial charge in [0.2, 0.25) is 0 Å². The highest BCUT2D eigenvalue weighted by Gasteiger charge is 2.29. The van der Waals surface area contributed by atoms with Gasteiger partial charge in [0.25, 0.3) is 0 Å². The molecule has 0 amide bonds. The normalized spacial score (nSPS) is 16.8. The quantitative estimate of drug-likeness (QED) is 0.728. The van der Waals surface area contributed by atoms with Gasteiger partial charge in [-0.25, -0.2) is 4.98 Å². The van der Waals surface area contributed by atoms with Crippen molar-refractivity contribution in [1.82, 2.24) is 19.3 Å². The highest BCUT2D eigenvalue weighted by molar-refractivity contribution is 6.17. The SMILES string of the molecule is CCc1nn(C)c2c1nc(CCCl)n2C(CC)CC1CC1. The first-order chi connectivity index (χ1) is 10.2. The Morgan fingerprint density at radius 1 is 1.33 bits per heavy atom. The third-order valence-corrected chi connectivity index (χ3v) is 4.79. The Morgan fingerprint density at radius 2 is 2.10 bits per heavy atom. The third kappa shape index (κ3) is 2.70. The zero-order valence-electron chi connectivity index (χ0n) is 13.3. The number of alkyl halides is 1. The summed E-state index contributed by atoms with van der Waals surface area (Å²) in [5.74, 6) is 2.67. The van der Waals surface area contributed by atoms with Crippen molar-refractivity contribution < 1.29 is 0 Å². The molecule has 2 aromatic rings. The maximum atomic E-state index is 6.01. The molecule has 0 bridgehead atoms. The van der Waals surface area contributed by atoms with Crippen LogP contribution < -0.4 is 0 Å².